The van der Waals surface area contributed by atoms with Gasteiger partial charge in [-0.15, -0.1) is 0 Å². The van der Waals surface area contributed by atoms with Crippen LogP contribution in [0.15, 0.2) is 72.4 Å². The van der Waals surface area contributed by atoms with Gasteiger partial charge in [0.2, 0.25) is 0 Å². The number of amides is 2. The average molecular weight is 427 g/mol. The zero-order valence-electron chi connectivity index (χ0n) is 18.7. The Morgan fingerprint density at radius 2 is 1.59 bits per heavy atom. The van der Waals surface area contributed by atoms with Crippen LogP contribution in [0.1, 0.15) is 29.2 Å². The number of carbonyl (C=O) groups is 2. The van der Waals surface area contributed by atoms with Crippen molar-refractivity contribution in [2.24, 2.45) is 0 Å². The summed E-state index contributed by atoms with van der Waals surface area (Å²) in [5.41, 5.74) is 5.74. The Balaban J connectivity index is 1.82. The number of imide groups is 1. The predicted molar refractivity (Wildman–Crippen MR) is 128 cm³/mol. The largest absolute Gasteiger partial charge is 0.494 e. The number of nitrogens with zero attached hydrogens (tertiary/aromatic N) is 1. The summed E-state index contributed by atoms with van der Waals surface area (Å²) in [6.45, 7) is 8.42. The summed E-state index contributed by atoms with van der Waals surface area (Å²) in [5.74, 6) is -0.00356. The van der Waals surface area contributed by atoms with Crippen molar-refractivity contribution in [1.29, 1.82) is 0 Å². The number of rotatable bonds is 6. The van der Waals surface area contributed by atoms with Gasteiger partial charge in [0.1, 0.15) is 11.4 Å². The molecule has 0 bridgehead atoms. The van der Waals surface area contributed by atoms with Crippen LogP contribution in [0.4, 0.5) is 11.4 Å². The first-order valence-electron chi connectivity index (χ1n) is 10.7. The minimum absolute atomic E-state index is 0.273. The number of ether oxygens (including phenoxy) is 1. The van der Waals surface area contributed by atoms with E-state index in [-0.39, 0.29) is 17.5 Å². The summed E-state index contributed by atoms with van der Waals surface area (Å²) >= 11 is 0. The molecular formula is C27H26N2O3. The molecule has 4 rings (SSSR count). The zero-order valence-corrected chi connectivity index (χ0v) is 18.7. The van der Waals surface area contributed by atoms with E-state index in [1.165, 1.54) is 4.90 Å². The number of carbonyl (C=O) groups excluding carboxylic acids is 2. The van der Waals surface area contributed by atoms with Crippen LogP contribution in [0.2, 0.25) is 0 Å². The van der Waals surface area contributed by atoms with Crippen LogP contribution in [-0.4, -0.2) is 18.4 Å². The average Bonchev–Trinajstić information content (AvgIpc) is 3.01. The quantitative estimate of drug-likeness (QED) is 0.536. The van der Waals surface area contributed by atoms with Gasteiger partial charge in [-0.1, -0.05) is 36.4 Å². The molecule has 1 N–H and O–H groups in total. The number of hydrogen-bond donors (Lipinski definition) is 1. The summed E-state index contributed by atoms with van der Waals surface area (Å²) in [7, 11) is 0. The van der Waals surface area contributed by atoms with Crippen LogP contribution in [0.5, 0.6) is 5.75 Å². The molecule has 2 amide bonds. The van der Waals surface area contributed by atoms with Gasteiger partial charge in [-0.2, -0.15) is 0 Å². The normalized spacial score (nSPS) is 13.7. The fourth-order valence-corrected chi connectivity index (χ4v) is 3.82. The fraction of sp³-hybridized carbons (Fsp3) is 0.185. The fourth-order valence-electron chi connectivity index (χ4n) is 3.82. The maximum atomic E-state index is 13.6. The maximum absolute atomic E-state index is 13.6. The van der Waals surface area contributed by atoms with E-state index in [1.807, 2.05) is 88.4 Å². The first-order valence-corrected chi connectivity index (χ1v) is 10.7. The number of benzene rings is 3. The molecule has 5 nitrogen and oxygen atoms in total. The number of anilines is 2. The maximum Gasteiger partial charge on any atom is 0.282 e. The highest BCUT2D eigenvalue weighted by Crippen LogP contribution is 2.35. The predicted octanol–water partition coefficient (Wildman–Crippen LogP) is 5.41. The lowest BCUT2D eigenvalue weighted by molar-refractivity contribution is -0.120. The highest BCUT2D eigenvalue weighted by molar-refractivity contribution is 6.46. The molecule has 0 spiro atoms. The monoisotopic (exact) mass is 426 g/mol. The molecule has 0 saturated carbocycles. The Hall–Kier alpha value is -3.86. The van der Waals surface area contributed by atoms with E-state index in [4.69, 9.17) is 4.74 Å². The highest BCUT2D eigenvalue weighted by atomic mass is 16.5. The van der Waals surface area contributed by atoms with Crippen LogP contribution in [0.25, 0.3) is 5.57 Å². The van der Waals surface area contributed by atoms with Crippen molar-refractivity contribution in [3.63, 3.8) is 0 Å². The van der Waals surface area contributed by atoms with E-state index in [0.29, 0.717) is 29.2 Å². The van der Waals surface area contributed by atoms with Crippen LogP contribution < -0.4 is 15.0 Å². The lowest BCUT2D eigenvalue weighted by Gasteiger charge is -2.16. The lowest BCUT2D eigenvalue weighted by Crippen LogP contribution is -2.32. The highest BCUT2D eigenvalue weighted by Gasteiger charge is 2.40. The third-order valence-electron chi connectivity index (χ3n) is 5.66. The summed E-state index contributed by atoms with van der Waals surface area (Å²) in [5, 5.41) is 3.27. The Kier molecular flexibility index (Phi) is 5.82. The van der Waals surface area contributed by atoms with Gasteiger partial charge in [-0.25, -0.2) is 4.90 Å². The Bertz CT molecular complexity index is 1230. The van der Waals surface area contributed by atoms with E-state index in [1.54, 1.807) is 6.07 Å². The van der Waals surface area contributed by atoms with Crippen LogP contribution in [0.3, 0.4) is 0 Å². The van der Waals surface area contributed by atoms with E-state index >= 15 is 0 Å². The molecule has 5 heteroatoms. The minimum atomic E-state index is -0.370. The second-order valence-corrected chi connectivity index (χ2v) is 7.86. The summed E-state index contributed by atoms with van der Waals surface area (Å²) in [6.07, 6.45) is 0. The minimum Gasteiger partial charge on any atom is -0.494 e. The first kappa shape index (κ1) is 21.4. The molecular weight excluding hydrogens is 400 g/mol. The van der Waals surface area contributed by atoms with Crippen LogP contribution in [0, 0.1) is 20.8 Å². The zero-order chi connectivity index (χ0) is 22.8. The van der Waals surface area contributed by atoms with Gasteiger partial charge < -0.3 is 10.1 Å². The molecule has 0 aromatic heterocycles. The van der Waals surface area contributed by atoms with Gasteiger partial charge in [0.05, 0.1) is 17.9 Å². The lowest BCUT2D eigenvalue weighted by atomic mass is 10.0. The van der Waals surface area contributed by atoms with E-state index in [2.05, 4.69) is 5.32 Å². The number of aryl methyl sites for hydroxylation is 2. The van der Waals surface area contributed by atoms with Crippen molar-refractivity contribution in [2.75, 3.05) is 16.8 Å². The molecule has 0 fully saturated rings. The molecule has 1 heterocycles. The molecule has 1 aliphatic rings. The molecule has 0 saturated heterocycles. The molecule has 1 aliphatic heterocycles. The molecule has 0 unspecified atom stereocenters. The second kappa shape index (κ2) is 8.71. The van der Waals surface area contributed by atoms with Crippen molar-refractivity contribution in [3.8, 4) is 5.75 Å². The molecule has 162 valence electrons. The smallest absolute Gasteiger partial charge is 0.282 e. The van der Waals surface area contributed by atoms with Gasteiger partial charge in [-0.05, 0) is 80.3 Å². The summed E-state index contributed by atoms with van der Waals surface area (Å²) in [6, 6.07) is 20.5. The van der Waals surface area contributed by atoms with Crippen LogP contribution in [-0.2, 0) is 9.59 Å². The van der Waals surface area contributed by atoms with Gasteiger partial charge in [0, 0.05) is 5.69 Å². The van der Waals surface area contributed by atoms with Crippen molar-refractivity contribution < 1.29 is 14.3 Å². The number of hydrogen-bond acceptors (Lipinski definition) is 4. The third kappa shape index (κ3) is 3.89. The van der Waals surface area contributed by atoms with E-state index < -0.39 is 0 Å². The molecule has 0 aliphatic carbocycles. The molecule has 3 aromatic rings. The van der Waals surface area contributed by atoms with Crippen LogP contribution >= 0.6 is 0 Å². The summed E-state index contributed by atoms with van der Waals surface area (Å²) < 4.78 is 5.53. The first-order chi connectivity index (χ1) is 15.4. The van der Waals surface area contributed by atoms with Crippen molar-refractivity contribution in [2.45, 2.75) is 27.7 Å². The van der Waals surface area contributed by atoms with Crippen molar-refractivity contribution in [1.82, 2.24) is 0 Å². The Morgan fingerprint density at radius 1 is 0.875 bits per heavy atom. The van der Waals surface area contributed by atoms with Gasteiger partial charge in [0.25, 0.3) is 11.8 Å². The number of nitrogens with one attached hydrogen (secondary N) is 1. The van der Waals surface area contributed by atoms with Gasteiger partial charge >= 0.3 is 0 Å². The topological polar surface area (TPSA) is 58.6 Å². The Labute approximate surface area is 188 Å². The van der Waals surface area contributed by atoms with E-state index in [0.717, 1.165) is 22.4 Å². The third-order valence-corrected chi connectivity index (χ3v) is 5.66. The standard InChI is InChI=1S/C27H26N2O3/c1-5-32-22-14-12-20(13-15-22)24-25(28-23-11-7-9-18(3)19(23)4)27(31)29(26(24)30)21-10-6-8-17(2)16-21/h6-16,28H,5H2,1-4H3. The van der Waals surface area contributed by atoms with Crippen molar-refractivity contribution >= 4 is 28.8 Å². The molecule has 0 radical (unpaired) electrons. The molecule has 3 aromatic carbocycles. The van der Waals surface area contributed by atoms with Gasteiger partial charge in [-0.3, -0.25) is 9.59 Å². The summed E-state index contributed by atoms with van der Waals surface area (Å²) in [4.78, 5) is 28.4. The molecule has 0 atom stereocenters. The Morgan fingerprint density at radius 3 is 2.28 bits per heavy atom. The molecule has 32 heavy (non-hydrogen) atoms. The SMILES string of the molecule is CCOc1ccc(C2=C(Nc3cccc(C)c3C)C(=O)N(c3cccc(C)c3)C2=O)cc1. The second-order valence-electron chi connectivity index (χ2n) is 7.86. The van der Waals surface area contributed by atoms with E-state index in [9.17, 15) is 9.59 Å². The van der Waals surface area contributed by atoms with Crippen molar-refractivity contribution in [3.05, 3.63) is 94.7 Å². The van der Waals surface area contributed by atoms with Gasteiger partial charge in [0.15, 0.2) is 0 Å².